The first kappa shape index (κ1) is 11.4. The van der Waals surface area contributed by atoms with Crippen molar-refractivity contribution in [2.75, 3.05) is 0 Å². The van der Waals surface area contributed by atoms with Crippen LogP contribution in [0.4, 0.5) is 0 Å². The van der Waals surface area contributed by atoms with Gasteiger partial charge in [0.1, 0.15) is 4.49 Å². The number of ether oxygens (including phenoxy) is 1. The molecule has 14 heavy (non-hydrogen) atoms. The number of rotatable bonds is 3. The number of hydrogen-bond acceptors (Lipinski definition) is 1. The first-order valence-corrected chi connectivity index (χ1v) is 5.14. The monoisotopic (exact) mass is 230 g/mol. The third kappa shape index (κ3) is 3.24. The van der Waals surface area contributed by atoms with Crippen molar-refractivity contribution >= 4 is 29.0 Å². The molecule has 0 fully saturated rings. The van der Waals surface area contributed by atoms with Gasteiger partial charge in [0.2, 0.25) is 0 Å². The van der Waals surface area contributed by atoms with Crippen LogP contribution in [0.25, 0.3) is 5.76 Å². The van der Waals surface area contributed by atoms with Gasteiger partial charge in [-0.2, -0.15) is 0 Å². The lowest BCUT2D eigenvalue weighted by Crippen LogP contribution is -2.02. The summed E-state index contributed by atoms with van der Waals surface area (Å²) in [5.74, 6) is 0.531. The van der Waals surface area contributed by atoms with E-state index in [9.17, 15) is 0 Å². The van der Waals surface area contributed by atoms with E-state index >= 15 is 0 Å². The molecule has 0 saturated heterocycles. The molecule has 0 aliphatic heterocycles. The van der Waals surface area contributed by atoms with Crippen LogP contribution in [-0.4, -0.2) is 6.10 Å². The van der Waals surface area contributed by atoms with Gasteiger partial charge in [-0.1, -0.05) is 53.5 Å². The molecule has 1 aromatic rings. The van der Waals surface area contributed by atoms with Crippen molar-refractivity contribution in [2.45, 2.75) is 20.0 Å². The van der Waals surface area contributed by atoms with Crippen molar-refractivity contribution in [2.24, 2.45) is 0 Å². The average molecular weight is 231 g/mol. The van der Waals surface area contributed by atoms with E-state index in [4.69, 9.17) is 27.9 Å². The second-order valence-corrected chi connectivity index (χ2v) is 4.07. The quantitative estimate of drug-likeness (QED) is 0.708. The molecule has 3 heteroatoms. The normalized spacial score (nSPS) is 10.1. The number of benzene rings is 1. The van der Waals surface area contributed by atoms with Gasteiger partial charge >= 0.3 is 0 Å². The Labute approximate surface area is 94.3 Å². The van der Waals surface area contributed by atoms with E-state index in [2.05, 4.69) is 0 Å². The van der Waals surface area contributed by atoms with Gasteiger partial charge in [0.25, 0.3) is 0 Å². The van der Waals surface area contributed by atoms with Crippen LogP contribution in [0.3, 0.4) is 0 Å². The van der Waals surface area contributed by atoms with E-state index < -0.39 is 0 Å². The highest BCUT2D eigenvalue weighted by Crippen LogP contribution is 2.26. The van der Waals surface area contributed by atoms with E-state index in [0.29, 0.717) is 5.76 Å². The molecule has 0 amide bonds. The molecule has 0 aliphatic rings. The summed E-state index contributed by atoms with van der Waals surface area (Å²) < 4.78 is 5.67. The number of hydrogen-bond donors (Lipinski definition) is 0. The van der Waals surface area contributed by atoms with Crippen molar-refractivity contribution in [3.05, 3.63) is 40.4 Å². The Balaban J connectivity index is 2.97. The summed E-state index contributed by atoms with van der Waals surface area (Å²) in [4.78, 5) is 0. The lowest BCUT2D eigenvalue weighted by Gasteiger charge is -2.13. The van der Waals surface area contributed by atoms with Gasteiger partial charge < -0.3 is 4.74 Å². The molecular weight excluding hydrogens is 219 g/mol. The van der Waals surface area contributed by atoms with Crippen LogP contribution >= 0.6 is 23.2 Å². The van der Waals surface area contributed by atoms with Crippen molar-refractivity contribution < 1.29 is 4.74 Å². The zero-order chi connectivity index (χ0) is 10.6. The predicted molar refractivity (Wildman–Crippen MR) is 61.3 cm³/mol. The van der Waals surface area contributed by atoms with Crippen molar-refractivity contribution in [3.63, 3.8) is 0 Å². The summed E-state index contributed by atoms with van der Waals surface area (Å²) in [6, 6.07) is 9.56. The Morgan fingerprint density at radius 2 is 1.71 bits per heavy atom. The SMILES string of the molecule is CC(C)OC(=C(Cl)Cl)c1ccccc1. The van der Waals surface area contributed by atoms with Crippen molar-refractivity contribution in [1.82, 2.24) is 0 Å². The van der Waals surface area contributed by atoms with Crippen LogP contribution < -0.4 is 0 Å². The van der Waals surface area contributed by atoms with Crippen LogP contribution in [0, 0.1) is 0 Å². The molecule has 1 nitrogen and oxygen atoms in total. The minimum absolute atomic E-state index is 0.0534. The van der Waals surface area contributed by atoms with Crippen LogP contribution in [0.5, 0.6) is 0 Å². The third-order valence-corrected chi connectivity index (χ3v) is 1.90. The first-order valence-electron chi connectivity index (χ1n) is 4.38. The fourth-order valence-corrected chi connectivity index (χ4v) is 1.35. The highest BCUT2D eigenvalue weighted by molar-refractivity contribution is 6.58. The van der Waals surface area contributed by atoms with E-state index in [1.807, 2.05) is 44.2 Å². The Bertz CT molecular complexity index is 313. The highest BCUT2D eigenvalue weighted by atomic mass is 35.5. The number of halogens is 2. The molecule has 76 valence electrons. The minimum Gasteiger partial charge on any atom is -0.488 e. The van der Waals surface area contributed by atoms with E-state index in [0.717, 1.165) is 5.56 Å². The van der Waals surface area contributed by atoms with Crippen molar-refractivity contribution in [3.8, 4) is 0 Å². The molecule has 1 rings (SSSR count). The Morgan fingerprint density at radius 1 is 1.14 bits per heavy atom. The fraction of sp³-hybridized carbons (Fsp3) is 0.273. The second-order valence-electron chi connectivity index (χ2n) is 3.12. The zero-order valence-electron chi connectivity index (χ0n) is 8.13. The molecule has 0 radical (unpaired) electrons. The summed E-state index contributed by atoms with van der Waals surface area (Å²) in [7, 11) is 0. The highest BCUT2D eigenvalue weighted by Gasteiger charge is 2.08. The standard InChI is InChI=1S/C11H12Cl2O/c1-8(2)14-10(11(12)13)9-6-4-3-5-7-9/h3-8H,1-2H3. The average Bonchev–Trinajstić information content (AvgIpc) is 2.15. The van der Waals surface area contributed by atoms with Gasteiger partial charge in [-0.05, 0) is 13.8 Å². The Morgan fingerprint density at radius 3 is 2.14 bits per heavy atom. The second kappa shape index (κ2) is 5.28. The lowest BCUT2D eigenvalue weighted by molar-refractivity contribution is 0.204. The summed E-state index contributed by atoms with van der Waals surface area (Å²) in [5.41, 5.74) is 0.890. The maximum atomic E-state index is 5.74. The van der Waals surface area contributed by atoms with E-state index in [1.54, 1.807) is 0 Å². The van der Waals surface area contributed by atoms with Crippen LogP contribution in [0.15, 0.2) is 34.8 Å². The molecule has 0 N–H and O–H groups in total. The van der Waals surface area contributed by atoms with Gasteiger partial charge in [0, 0.05) is 5.56 Å². The molecule has 0 aromatic heterocycles. The van der Waals surface area contributed by atoms with Gasteiger partial charge in [0.05, 0.1) is 6.10 Å². The molecule has 1 aromatic carbocycles. The summed E-state index contributed by atoms with van der Waals surface area (Å²) in [6.45, 7) is 3.86. The maximum absolute atomic E-state index is 5.74. The molecule has 0 spiro atoms. The third-order valence-electron chi connectivity index (χ3n) is 1.56. The maximum Gasteiger partial charge on any atom is 0.157 e. The molecule has 0 saturated carbocycles. The Hall–Kier alpha value is -0.660. The van der Waals surface area contributed by atoms with Gasteiger partial charge in [-0.25, -0.2) is 0 Å². The summed E-state index contributed by atoms with van der Waals surface area (Å²) in [5, 5.41) is 0. The predicted octanol–water partition coefficient (Wildman–Crippen LogP) is 4.22. The first-order chi connectivity index (χ1) is 6.61. The van der Waals surface area contributed by atoms with Crippen LogP contribution in [-0.2, 0) is 4.74 Å². The van der Waals surface area contributed by atoms with Crippen molar-refractivity contribution in [1.29, 1.82) is 0 Å². The largest absolute Gasteiger partial charge is 0.488 e. The van der Waals surface area contributed by atoms with E-state index in [1.165, 1.54) is 0 Å². The topological polar surface area (TPSA) is 9.23 Å². The summed E-state index contributed by atoms with van der Waals surface area (Å²) >= 11 is 11.5. The van der Waals surface area contributed by atoms with Crippen LogP contribution in [0.1, 0.15) is 19.4 Å². The zero-order valence-corrected chi connectivity index (χ0v) is 9.64. The molecule has 0 heterocycles. The van der Waals surface area contributed by atoms with Gasteiger partial charge in [-0.15, -0.1) is 0 Å². The molecule has 0 bridgehead atoms. The smallest absolute Gasteiger partial charge is 0.157 e. The molecule has 0 aliphatic carbocycles. The van der Waals surface area contributed by atoms with E-state index in [-0.39, 0.29) is 10.6 Å². The molecule has 0 unspecified atom stereocenters. The Kier molecular flexibility index (Phi) is 4.30. The fourth-order valence-electron chi connectivity index (χ4n) is 1.05. The minimum atomic E-state index is 0.0534. The lowest BCUT2D eigenvalue weighted by atomic mass is 10.2. The summed E-state index contributed by atoms with van der Waals surface area (Å²) in [6.07, 6.45) is 0.0534. The van der Waals surface area contributed by atoms with Gasteiger partial charge in [-0.3, -0.25) is 0 Å². The van der Waals surface area contributed by atoms with Gasteiger partial charge in [0.15, 0.2) is 5.76 Å². The molecule has 0 atom stereocenters. The van der Waals surface area contributed by atoms with Crippen LogP contribution in [0.2, 0.25) is 0 Å². The molecular formula is C11H12Cl2O.